The fourth-order valence-electron chi connectivity index (χ4n) is 4.48. The van der Waals surface area contributed by atoms with Crippen LogP contribution in [0.2, 0.25) is 5.02 Å². The third kappa shape index (κ3) is 8.70. The molecule has 2 N–H and O–H groups in total. The molecule has 1 aliphatic rings. The normalized spacial score (nSPS) is 13.9. The predicted octanol–water partition coefficient (Wildman–Crippen LogP) is 4.52. The number of nitrogens with zero attached hydrogens (tertiary/aromatic N) is 2. The van der Waals surface area contributed by atoms with Crippen molar-refractivity contribution in [1.29, 1.82) is 0 Å². The molecular formula is C30H33ClN4O6S. The third-order valence-corrected chi connectivity index (χ3v) is 8.68. The van der Waals surface area contributed by atoms with Gasteiger partial charge < -0.3 is 14.8 Å². The summed E-state index contributed by atoms with van der Waals surface area (Å²) in [6.45, 7) is -0.607. The number of ether oxygens (including phenoxy) is 2. The molecule has 222 valence electrons. The molecule has 3 aromatic carbocycles. The first-order valence-corrected chi connectivity index (χ1v) is 15.3. The van der Waals surface area contributed by atoms with E-state index in [1.807, 2.05) is 0 Å². The molecule has 2 amide bonds. The fraction of sp³-hybridized carbons (Fsp3) is 0.300. The highest BCUT2D eigenvalue weighted by atomic mass is 35.5. The molecule has 12 heteroatoms. The number of hydrogen-bond acceptors (Lipinski definition) is 7. The van der Waals surface area contributed by atoms with Gasteiger partial charge in [-0.3, -0.25) is 13.9 Å². The minimum atomic E-state index is -4.13. The zero-order valence-electron chi connectivity index (χ0n) is 23.2. The van der Waals surface area contributed by atoms with E-state index in [2.05, 4.69) is 15.8 Å². The Hall–Kier alpha value is -4.09. The molecule has 0 radical (unpaired) electrons. The van der Waals surface area contributed by atoms with Crippen LogP contribution in [0.1, 0.15) is 37.7 Å². The van der Waals surface area contributed by atoms with Crippen LogP contribution in [0.3, 0.4) is 0 Å². The molecule has 0 atom stereocenters. The summed E-state index contributed by atoms with van der Waals surface area (Å²) in [5, 5.41) is 7.29. The van der Waals surface area contributed by atoms with E-state index < -0.39 is 22.5 Å². The quantitative estimate of drug-likeness (QED) is 0.229. The van der Waals surface area contributed by atoms with Crippen LogP contribution in [0.4, 0.5) is 5.69 Å². The summed E-state index contributed by atoms with van der Waals surface area (Å²) in [5.74, 6) is 0.217. The molecule has 42 heavy (non-hydrogen) atoms. The van der Waals surface area contributed by atoms with Gasteiger partial charge in [0.25, 0.3) is 21.8 Å². The van der Waals surface area contributed by atoms with Crippen molar-refractivity contribution in [3.05, 3.63) is 83.4 Å². The van der Waals surface area contributed by atoms with E-state index in [1.165, 1.54) is 50.1 Å². The lowest BCUT2D eigenvalue weighted by molar-refractivity contribution is -0.124. The Bertz CT molecular complexity index is 1490. The SMILES string of the molecule is COc1ccc(S(=O)(=O)N(CC(=O)N/N=C\c2ccc(OCC(=O)NC3CCCCC3)cc2)c2cccc(Cl)c2)cc1. The second kappa shape index (κ2) is 14.7. The van der Waals surface area contributed by atoms with Crippen LogP contribution in [0, 0.1) is 0 Å². The molecule has 0 bridgehead atoms. The summed E-state index contributed by atoms with van der Waals surface area (Å²) in [6.07, 6.45) is 6.92. The van der Waals surface area contributed by atoms with Crippen LogP contribution in [0.25, 0.3) is 0 Å². The molecule has 10 nitrogen and oxygen atoms in total. The Balaban J connectivity index is 1.34. The van der Waals surface area contributed by atoms with E-state index in [9.17, 15) is 18.0 Å². The van der Waals surface area contributed by atoms with Gasteiger partial charge >= 0.3 is 0 Å². The number of hydrazone groups is 1. The van der Waals surface area contributed by atoms with Gasteiger partial charge in [-0.2, -0.15) is 5.10 Å². The van der Waals surface area contributed by atoms with E-state index in [0.717, 1.165) is 30.0 Å². The number of halogens is 1. The van der Waals surface area contributed by atoms with E-state index in [4.69, 9.17) is 21.1 Å². The summed E-state index contributed by atoms with van der Waals surface area (Å²) in [7, 11) is -2.65. The highest BCUT2D eigenvalue weighted by molar-refractivity contribution is 7.92. The van der Waals surface area contributed by atoms with Gasteiger partial charge in [-0.25, -0.2) is 13.8 Å². The van der Waals surface area contributed by atoms with Crippen molar-refractivity contribution >= 4 is 45.3 Å². The fourth-order valence-corrected chi connectivity index (χ4v) is 6.08. The van der Waals surface area contributed by atoms with Crippen molar-refractivity contribution < 1.29 is 27.5 Å². The van der Waals surface area contributed by atoms with E-state index >= 15 is 0 Å². The summed E-state index contributed by atoms with van der Waals surface area (Å²) >= 11 is 6.11. The summed E-state index contributed by atoms with van der Waals surface area (Å²) in [4.78, 5) is 24.9. The number of anilines is 1. The van der Waals surface area contributed by atoms with Gasteiger partial charge in [0, 0.05) is 11.1 Å². The Labute approximate surface area is 250 Å². The first-order valence-electron chi connectivity index (χ1n) is 13.5. The van der Waals surface area contributed by atoms with E-state index in [-0.39, 0.29) is 29.1 Å². The summed E-state index contributed by atoms with van der Waals surface area (Å²) < 4.78 is 38.6. The Morgan fingerprint density at radius 1 is 0.976 bits per heavy atom. The number of carbonyl (C=O) groups is 2. The lowest BCUT2D eigenvalue weighted by Crippen LogP contribution is -2.39. The van der Waals surface area contributed by atoms with E-state index in [1.54, 1.807) is 42.5 Å². The van der Waals surface area contributed by atoms with Gasteiger partial charge in [0.2, 0.25) is 0 Å². The molecule has 0 spiro atoms. The minimum Gasteiger partial charge on any atom is -0.497 e. The maximum absolute atomic E-state index is 13.5. The number of methoxy groups -OCH3 is 1. The van der Waals surface area contributed by atoms with Crippen LogP contribution in [0.15, 0.2) is 82.8 Å². The van der Waals surface area contributed by atoms with Gasteiger partial charge in [0.05, 0.1) is 23.9 Å². The third-order valence-electron chi connectivity index (χ3n) is 6.65. The highest BCUT2D eigenvalue weighted by Gasteiger charge is 2.27. The first kappa shape index (κ1) is 30.9. The van der Waals surface area contributed by atoms with Crippen LogP contribution in [0.5, 0.6) is 11.5 Å². The van der Waals surface area contributed by atoms with Crippen LogP contribution < -0.4 is 24.5 Å². The van der Waals surface area contributed by atoms with Crippen molar-refractivity contribution in [2.24, 2.45) is 5.10 Å². The topological polar surface area (TPSA) is 126 Å². The largest absolute Gasteiger partial charge is 0.497 e. The van der Waals surface area contributed by atoms with Crippen molar-refractivity contribution in [3.63, 3.8) is 0 Å². The standard InChI is InChI=1S/C30H33ClN4O6S/c1-40-26-14-16-28(17-15-26)42(38,39)35(25-9-5-6-23(31)18-25)20-29(36)34-32-19-22-10-12-27(13-11-22)41-21-30(37)33-24-7-3-2-4-8-24/h5-6,9-19,24H,2-4,7-8,20-21H2,1H3,(H,33,37)(H,34,36)/b32-19-. The lowest BCUT2D eigenvalue weighted by atomic mass is 9.95. The number of rotatable bonds is 12. The maximum atomic E-state index is 13.5. The van der Waals surface area contributed by atoms with Crippen molar-refractivity contribution in [2.45, 2.75) is 43.0 Å². The highest BCUT2D eigenvalue weighted by Crippen LogP contribution is 2.27. The Morgan fingerprint density at radius 2 is 1.67 bits per heavy atom. The number of sulfonamides is 1. The summed E-state index contributed by atoms with van der Waals surface area (Å²) in [5.41, 5.74) is 3.25. The van der Waals surface area contributed by atoms with Gasteiger partial charge in [0.1, 0.15) is 18.0 Å². The van der Waals surface area contributed by atoms with E-state index in [0.29, 0.717) is 22.1 Å². The zero-order chi connectivity index (χ0) is 30.0. The molecule has 0 unspecified atom stereocenters. The molecule has 0 saturated heterocycles. The second-order valence-corrected chi connectivity index (χ2v) is 12.0. The Kier molecular flexibility index (Phi) is 10.8. The first-order chi connectivity index (χ1) is 20.2. The van der Waals surface area contributed by atoms with Gasteiger partial charge in [-0.1, -0.05) is 36.9 Å². The van der Waals surface area contributed by atoms with Crippen LogP contribution >= 0.6 is 11.6 Å². The summed E-state index contributed by atoms with van der Waals surface area (Å²) in [6, 6.07) is 19.1. The molecule has 3 aromatic rings. The minimum absolute atomic E-state index is 0.0200. The second-order valence-electron chi connectivity index (χ2n) is 9.72. The molecule has 1 fully saturated rings. The molecule has 0 aliphatic heterocycles. The molecule has 0 aromatic heterocycles. The lowest BCUT2D eigenvalue weighted by Gasteiger charge is -2.24. The van der Waals surface area contributed by atoms with Gasteiger partial charge in [-0.15, -0.1) is 0 Å². The molecule has 1 aliphatic carbocycles. The molecular weight excluding hydrogens is 580 g/mol. The van der Waals surface area contributed by atoms with Crippen molar-refractivity contribution in [2.75, 3.05) is 24.6 Å². The smallest absolute Gasteiger partial charge is 0.264 e. The number of hydrogen-bond donors (Lipinski definition) is 2. The molecule has 1 saturated carbocycles. The molecule has 4 rings (SSSR count). The Morgan fingerprint density at radius 3 is 2.33 bits per heavy atom. The average molecular weight is 613 g/mol. The number of nitrogens with one attached hydrogen (secondary N) is 2. The van der Waals surface area contributed by atoms with Gasteiger partial charge in [0.15, 0.2) is 6.61 Å². The zero-order valence-corrected chi connectivity index (χ0v) is 24.7. The van der Waals surface area contributed by atoms with Crippen LogP contribution in [-0.4, -0.2) is 52.8 Å². The van der Waals surface area contributed by atoms with Crippen molar-refractivity contribution in [1.82, 2.24) is 10.7 Å². The number of benzene rings is 3. The monoisotopic (exact) mass is 612 g/mol. The van der Waals surface area contributed by atoms with Crippen molar-refractivity contribution in [3.8, 4) is 11.5 Å². The maximum Gasteiger partial charge on any atom is 0.264 e. The van der Waals surface area contributed by atoms with Gasteiger partial charge in [-0.05, 0) is 85.1 Å². The average Bonchev–Trinajstić information content (AvgIpc) is 3.00. The molecule has 0 heterocycles. The van der Waals surface area contributed by atoms with Crippen LogP contribution in [-0.2, 0) is 19.6 Å². The number of amides is 2. The predicted molar refractivity (Wildman–Crippen MR) is 162 cm³/mol. The number of carbonyl (C=O) groups excluding carboxylic acids is 2.